The van der Waals surface area contributed by atoms with Crippen LogP contribution in [0.2, 0.25) is 0 Å². The molecule has 0 fully saturated rings. The van der Waals surface area contributed by atoms with Crippen molar-refractivity contribution < 1.29 is 4.79 Å². The molecule has 0 bridgehead atoms. The number of nitrogens with two attached hydrogens (primary N) is 1. The third-order valence-corrected chi connectivity index (χ3v) is 3.04. The van der Waals surface area contributed by atoms with Crippen molar-refractivity contribution in [2.45, 2.75) is 6.92 Å². The lowest BCUT2D eigenvalue weighted by molar-refractivity contribution is 0.102. The number of thiophene rings is 1. The number of carbonyl (C=O) groups is 1. The van der Waals surface area contributed by atoms with Crippen molar-refractivity contribution in [2.24, 2.45) is 0 Å². The van der Waals surface area contributed by atoms with Crippen LogP contribution < -0.4 is 5.73 Å². The number of carbonyl (C=O) groups excluding carboxylic acids is 1. The Morgan fingerprint density at radius 3 is 2.60 bits per heavy atom. The van der Waals surface area contributed by atoms with Crippen molar-refractivity contribution >= 4 is 38.7 Å². The average molecular weight is 220 g/mol. The maximum absolute atomic E-state index is 10.7. The molecule has 0 spiro atoms. The molecule has 0 atom stereocenters. The molecule has 0 unspecified atom stereocenters. The van der Waals surface area contributed by atoms with Crippen LogP contribution in [0.1, 0.15) is 16.6 Å². The lowest BCUT2D eigenvalue weighted by Gasteiger charge is -1.80. The minimum atomic E-state index is 0.0578. The van der Waals surface area contributed by atoms with Gasteiger partial charge in [-0.3, -0.25) is 4.79 Å². The highest BCUT2D eigenvalue weighted by atomic mass is 79.9. The monoisotopic (exact) mass is 219 g/mol. The van der Waals surface area contributed by atoms with Crippen molar-refractivity contribution in [2.75, 3.05) is 5.73 Å². The first-order valence-corrected chi connectivity index (χ1v) is 4.28. The fourth-order valence-electron chi connectivity index (χ4n) is 0.556. The van der Waals surface area contributed by atoms with E-state index in [9.17, 15) is 4.79 Å². The molecule has 0 aliphatic rings. The molecule has 0 saturated carbocycles. The molecule has 0 aliphatic carbocycles. The molecule has 1 rings (SSSR count). The highest BCUT2D eigenvalue weighted by Crippen LogP contribution is 2.29. The maximum atomic E-state index is 10.7. The van der Waals surface area contributed by atoms with Crippen LogP contribution in [0, 0.1) is 0 Å². The normalized spacial score (nSPS) is 9.80. The van der Waals surface area contributed by atoms with Gasteiger partial charge in [0.1, 0.15) is 0 Å². The second kappa shape index (κ2) is 2.72. The quantitative estimate of drug-likeness (QED) is 0.738. The first kappa shape index (κ1) is 7.75. The summed E-state index contributed by atoms with van der Waals surface area (Å²) in [6.45, 7) is 1.53. The van der Waals surface area contributed by atoms with Crippen LogP contribution >= 0.6 is 27.3 Å². The smallest absolute Gasteiger partial charge is 0.169 e. The van der Waals surface area contributed by atoms with Crippen molar-refractivity contribution in [3.05, 3.63) is 14.7 Å². The summed E-state index contributed by atoms with van der Waals surface area (Å²) < 4.78 is 0.831. The van der Waals surface area contributed by atoms with Crippen LogP contribution in [0.5, 0.6) is 0 Å². The second-order valence-electron chi connectivity index (χ2n) is 1.90. The molecule has 1 aromatic heterocycles. The van der Waals surface area contributed by atoms with E-state index in [0.717, 1.165) is 3.79 Å². The zero-order valence-corrected chi connectivity index (χ0v) is 7.75. The Morgan fingerprint density at radius 2 is 2.40 bits per heavy atom. The van der Waals surface area contributed by atoms with Crippen molar-refractivity contribution in [1.29, 1.82) is 0 Å². The summed E-state index contributed by atoms with van der Waals surface area (Å²) in [5.74, 6) is 0.0578. The molecule has 0 aliphatic heterocycles. The third kappa shape index (κ3) is 1.38. The van der Waals surface area contributed by atoms with Gasteiger partial charge in [0.25, 0.3) is 0 Å². The highest BCUT2D eigenvalue weighted by molar-refractivity contribution is 9.11. The SMILES string of the molecule is CC(=O)c1cc(N)c(Br)s1. The zero-order chi connectivity index (χ0) is 7.72. The molecule has 1 heterocycles. The van der Waals surface area contributed by atoms with E-state index in [-0.39, 0.29) is 5.78 Å². The standard InChI is InChI=1S/C6H6BrNOS/c1-3(9)5-2-4(8)6(7)10-5/h2H,8H2,1H3. The number of rotatable bonds is 1. The Bertz CT molecular complexity index is 249. The van der Waals surface area contributed by atoms with Crippen LogP contribution in [-0.2, 0) is 0 Å². The summed E-state index contributed by atoms with van der Waals surface area (Å²) in [5.41, 5.74) is 6.12. The summed E-state index contributed by atoms with van der Waals surface area (Å²) in [4.78, 5) is 11.4. The van der Waals surface area contributed by atoms with Gasteiger partial charge in [-0.1, -0.05) is 0 Å². The molecule has 0 radical (unpaired) electrons. The lowest BCUT2D eigenvalue weighted by atomic mass is 10.3. The van der Waals surface area contributed by atoms with Gasteiger partial charge in [0, 0.05) is 0 Å². The van der Waals surface area contributed by atoms with E-state index in [4.69, 9.17) is 5.73 Å². The van der Waals surface area contributed by atoms with Crippen molar-refractivity contribution in [3.63, 3.8) is 0 Å². The molecule has 4 heteroatoms. The van der Waals surface area contributed by atoms with Gasteiger partial charge in [0.15, 0.2) is 5.78 Å². The minimum Gasteiger partial charge on any atom is -0.397 e. The maximum Gasteiger partial charge on any atom is 0.169 e. The Kier molecular flexibility index (Phi) is 2.11. The van der Waals surface area contributed by atoms with Gasteiger partial charge in [-0.05, 0) is 28.9 Å². The third-order valence-electron chi connectivity index (χ3n) is 1.06. The Morgan fingerprint density at radius 1 is 1.80 bits per heavy atom. The van der Waals surface area contributed by atoms with Crippen LogP contribution in [-0.4, -0.2) is 5.78 Å². The molecule has 54 valence electrons. The summed E-state index contributed by atoms with van der Waals surface area (Å²) >= 11 is 4.59. The summed E-state index contributed by atoms with van der Waals surface area (Å²) in [6.07, 6.45) is 0. The molecule has 1 aromatic rings. The van der Waals surface area contributed by atoms with Crippen LogP contribution in [0.25, 0.3) is 0 Å². The highest BCUT2D eigenvalue weighted by Gasteiger charge is 2.05. The Balaban J connectivity index is 3.10. The predicted octanol–water partition coefficient (Wildman–Crippen LogP) is 2.30. The van der Waals surface area contributed by atoms with E-state index in [1.165, 1.54) is 18.3 Å². The van der Waals surface area contributed by atoms with Gasteiger partial charge in [-0.15, -0.1) is 11.3 Å². The lowest BCUT2D eigenvalue weighted by Crippen LogP contribution is -1.85. The number of anilines is 1. The number of hydrogen-bond acceptors (Lipinski definition) is 3. The molecular weight excluding hydrogens is 214 g/mol. The van der Waals surface area contributed by atoms with Gasteiger partial charge in [-0.25, -0.2) is 0 Å². The zero-order valence-electron chi connectivity index (χ0n) is 5.35. The van der Waals surface area contributed by atoms with E-state index >= 15 is 0 Å². The first-order chi connectivity index (χ1) is 4.61. The second-order valence-corrected chi connectivity index (χ2v) is 4.27. The van der Waals surface area contributed by atoms with Crippen LogP contribution in [0.4, 0.5) is 5.69 Å². The fourth-order valence-corrected chi connectivity index (χ4v) is 1.89. The number of nitrogen functional groups attached to an aromatic ring is 1. The van der Waals surface area contributed by atoms with Crippen LogP contribution in [0.3, 0.4) is 0 Å². The van der Waals surface area contributed by atoms with Crippen molar-refractivity contribution in [3.8, 4) is 0 Å². The Hall–Kier alpha value is -0.350. The fraction of sp³-hybridized carbons (Fsp3) is 0.167. The van der Waals surface area contributed by atoms with Gasteiger partial charge in [0.2, 0.25) is 0 Å². The van der Waals surface area contributed by atoms with Gasteiger partial charge < -0.3 is 5.73 Å². The molecule has 0 saturated heterocycles. The first-order valence-electron chi connectivity index (χ1n) is 2.67. The summed E-state index contributed by atoms with van der Waals surface area (Å²) in [6, 6.07) is 1.68. The van der Waals surface area contributed by atoms with E-state index in [1.54, 1.807) is 6.07 Å². The number of halogens is 1. The molecular formula is C6H6BrNOS. The molecule has 2 nitrogen and oxygen atoms in total. The van der Waals surface area contributed by atoms with E-state index in [1.807, 2.05) is 0 Å². The van der Waals surface area contributed by atoms with E-state index < -0.39 is 0 Å². The van der Waals surface area contributed by atoms with Gasteiger partial charge in [-0.2, -0.15) is 0 Å². The van der Waals surface area contributed by atoms with E-state index in [0.29, 0.717) is 10.6 Å². The molecule has 2 N–H and O–H groups in total. The molecule has 10 heavy (non-hydrogen) atoms. The Labute approximate surface area is 71.2 Å². The predicted molar refractivity (Wildman–Crippen MR) is 46.4 cm³/mol. The largest absolute Gasteiger partial charge is 0.397 e. The summed E-state index contributed by atoms with van der Waals surface area (Å²) in [7, 11) is 0. The van der Waals surface area contributed by atoms with E-state index in [2.05, 4.69) is 15.9 Å². The number of Topliss-reactive ketones (excluding diaryl/α,β-unsaturated/α-hetero) is 1. The molecule has 0 aromatic carbocycles. The number of hydrogen-bond donors (Lipinski definition) is 1. The number of ketones is 1. The molecule has 0 amide bonds. The average Bonchev–Trinajstić information content (AvgIpc) is 2.13. The van der Waals surface area contributed by atoms with Crippen molar-refractivity contribution in [1.82, 2.24) is 0 Å². The topological polar surface area (TPSA) is 43.1 Å². The van der Waals surface area contributed by atoms with Gasteiger partial charge >= 0.3 is 0 Å². The van der Waals surface area contributed by atoms with Gasteiger partial charge in [0.05, 0.1) is 14.4 Å². The van der Waals surface area contributed by atoms with Crippen LogP contribution in [0.15, 0.2) is 9.85 Å². The summed E-state index contributed by atoms with van der Waals surface area (Å²) in [5, 5.41) is 0. The minimum absolute atomic E-state index is 0.0578.